The van der Waals surface area contributed by atoms with Crippen molar-refractivity contribution in [2.24, 2.45) is 5.73 Å². The van der Waals surface area contributed by atoms with Gasteiger partial charge in [0.25, 0.3) is 0 Å². The van der Waals surface area contributed by atoms with E-state index in [1.165, 1.54) is 36.0 Å². The van der Waals surface area contributed by atoms with Crippen LogP contribution in [-0.2, 0) is 62.4 Å². The number of phenols is 1. The number of para-hydroxylation sites is 1. The number of ether oxygens (including phenoxy) is 2. The Bertz CT molecular complexity index is 2170. The maximum absolute atomic E-state index is 14.2. The number of rotatable bonds is 17. The molecule has 1 fully saturated rings. The van der Waals surface area contributed by atoms with E-state index in [1.54, 1.807) is 49.4 Å². The number of hydrogen-bond donors (Lipinski definition) is 4. The molecule has 17 heteroatoms. The fraction of sp³-hybridized carbons (Fsp3) is 0.468. The second kappa shape index (κ2) is 21.8. The first-order valence-electron chi connectivity index (χ1n) is 21.5. The number of piperidine rings is 1. The molecule has 344 valence electrons. The number of aromatic hydroxyl groups is 1. The summed E-state index contributed by atoms with van der Waals surface area (Å²) in [6, 6.07) is 16.3. The van der Waals surface area contributed by atoms with Gasteiger partial charge in [0.2, 0.25) is 29.5 Å². The third-order valence-corrected chi connectivity index (χ3v) is 12.4. The number of likely N-dealkylation sites (tertiary alicyclic amines) is 1. The highest BCUT2D eigenvalue weighted by molar-refractivity contribution is 6.02. The Morgan fingerprint density at radius 3 is 2.17 bits per heavy atom. The number of nitrogens with two attached hydrogens (primary N) is 1. The quantitative estimate of drug-likeness (QED) is 0.143. The molecule has 0 spiro atoms. The highest BCUT2D eigenvalue weighted by atomic mass is 16.5. The lowest BCUT2D eigenvalue weighted by Crippen LogP contribution is -2.63. The molecule has 3 aromatic rings. The predicted octanol–water partition coefficient (Wildman–Crippen LogP) is 1.91. The van der Waals surface area contributed by atoms with Crippen molar-refractivity contribution in [1.82, 2.24) is 25.3 Å². The third kappa shape index (κ3) is 11.6. The summed E-state index contributed by atoms with van der Waals surface area (Å²) in [5, 5.41) is 15.5. The Kier molecular flexibility index (Phi) is 16.6. The van der Waals surface area contributed by atoms with E-state index in [2.05, 4.69) is 10.6 Å². The first-order valence-corrected chi connectivity index (χ1v) is 21.5. The molecule has 2 heterocycles. The van der Waals surface area contributed by atoms with Gasteiger partial charge in [-0.3, -0.25) is 33.7 Å². The van der Waals surface area contributed by atoms with Crippen LogP contribution in [-0.4, -0.2) is 139 Å². The van der Waals surface area contributed by atoms with Gasteiger partial charge in [0, 0.05) is 58.3 Å². The number of likely N-dealkylation sites (N-methyl/N-ethyl adjacent to an activating group) is 1. The summed E-state index contributed by atoms with van der Waals surface area (Å²) in [7, 11) is 4.08. The topological polar surface area (TPSA) is 221 Å². The highest BCUT2D eigenvalue weighted by Crippen LogP contribution is 2.35. The van der Waals surface area contributed by atoms with Crippen LogP contribution in [0.3, 0.4) is 0 Å². The molecule has 0 aliphatic carbocycles. The number of anilines is 1. The van der Waals surface area contributed by atoms with E-state index in [1.807, 2.05) is 43.0 Å². The van der Waals surface area contributed by atoms with E-state index in [0.29, 0.717) is 25.3 Å². The smallest absolute Gasteiger partial charge is 0.332 e. The molecule has 0 bridgehead atoms. The zero-order chi connectivity index (χ0) is 46.7. The average molecular weight is 884 g/mol. The second-order valence-corrected chi connectivity index (χ2v) is 16.6. The third-order valence-electron chi connectivity index (χ3n) is 12.4. The Labute approximate surface area is 374 Å². The van der Waals surface area contributed by atoms with Gasteiger partial charge in [0.1, 0.15) is 23.4 Å². The summed E-state index contributed by atoms with van der Waals surface area (Å²) in [5.74, 6) is -3.33. The number of methoxy groups -OCH3 is 2. The number of carbonyl (C=O) groups is 7. The van der Waals surface area contributed by atoms with E-state index in [4.69, 9.17) is 15.2 Å². The molecular weight excluding hydrogens is 823 g/mol. The van der Waals surface area contributed by atoms with E-state index >= 15 is 0 Å². The molecule has 1 saturated heterocycles. The molecule has 0 aromatic heterocycles. The molecule has 5 amide bonds. The maximum Gasteiger partial charge on any atom is 0.332 e. The zero-order valence-electron chi connectivity index (χ0n) is 37.6. The van der Waals surface area contributed by atoms with Crippen LogP contribution in [0.1, 0.15) is 60.4 Å². The van der Waals surface area contributed by atoms with Crippen molar-refractivity contribution in [1.29, 1.82) is 0 Å². The van der Waals surface area contributed by atoms with Gasteiger partial charge in [-0.1, -0.05) is 42.5 Å². The predicted molar refractivity (Wildman–Crippen MR) is 238 cm³/mol. The SMILES string of the molecule is COC(=O)CCN1CCC(C(=O)OC)(N(C(=O)CCNC(=O)CN2Cc3ccccc3C[C@H](NC(=O)[C@@H](C)N(C)C(=O)[C@@H](N)Cc3c(C)cc(O)cc3C)C2=O)c2ccccc2)CC1. The summed E-state index contributed by atoms with van der Waals surface area (Å²) in [5.41, 5.74) is 9.49. The number of aryl methyl sites for hydroxylation is 2. The second-order valence-electron chi connectivity index (χ2n) is 16.6. The van der Waals surface area contributed by atoms with Crippen molar-refractivity contribution in [2.75, 3.05) is 58.9 Å². The summed E-state index contributed by atoms with van der Waals surface area (Å²) in [6.07, 6.45) is 0.830. The van der Waals surface area contributed by atoms with Crippen molar-refractivity contribution < 1.29 is 48.1 Å². The first-order chi connectivity index (χ1) is 30.5. The lowest BCUT2D eigenvalue weighted by Gasteiger charge is -2.46. The van der Waals surface area contributed by atoms with Gasteiger partial charge < -0.3 is 45.6 Å². The summed E-state index contributed by atoms with van der Waals surface area (Å²) < 4.78 is 10.1. The zero-order valence-corrected chi connectivity index (χ0v) is 37.6. The minimum Gasteiger partial charge on any atom is -0.508 e. The van der Waals surface area contributed by atoms with E-state index in [-0.39, 0.29) is 69.9 Å². The maximum atomic E-state index is 14.2. The Morgan fingerprint density at radius 2 is 1.55 bits per heavy atom. The van der Waals surface area contributed by atoms with Gasteiger partial charge in [-0.15, -0.1) is 0 Å². The van der Waals surface area contributed by atoms with Crippen LogP contribution < -0.4 is 21.3 Å². The number of benzene rings is 3. The standard InChI is InChI=1S/C47H61N7O10/c1-30-24-36(55)25-31(2)37(30)27-38(48)44(60)51(4)32(3)43(59)50-39-26-33-12-10-11-13-34(33)28-53(45(39)61)29-40(56)49-20-16-41(57)54(35-14-8-7-9-15-35)47(46(62)64-6)18-22-52(23-19-47)21-17-42(58)63-5/h7-15,24-25,32,38-39,55H,16-23,26-29,48H2,1-6H3,(H,49,56)(H,50,59)/t32-,38+,39+/m1/s1. The van der Waals surface area contributed by atoms with Gasteiger partial charge in [0.15, 0.2) is 0 Å². The van der Waals surface area contributed by atoms with Crippen LogP contribution in [0.5, 0.6) is 5.75 Å². The molecule has 0 saturated carbocycles. The Hall–Kier alpha value is -6.33. The van der Waals surface area contributed by atoms with Crippen molar-refractivity contribution >= 4 is 47.2 Å². The molecule has 0 radical (unpaired) electrons. The number of nitrogens with zero attached hydrogens (tertiary/aromatic N) is 4. The normalized spacial score (nSPS) is 16.9. The Morgan fingerprint density at radius 1 is 0.922 bits per heavy atom. The average Bonchev–Trinajstić information content (AvgIpc) is 3.41. The first kappa shape index (κ1) is 48.7. The molecular formula is C47H61N7O10. The van der Waals surface area contributed by atoms with Crippen LogP contribution in [0.2, 0.25) is 0 Å². The summed E-state index contributed by atoms with van der Waals surface area (Å²) in [4.78, 5) is 101. The largest absolute Gasteiger partial charge is 0.508 e. The summed E-state index contributed by atoms with van der Waals surface area (Å²) in [6.45, 7) is 6.06. The number of carbonyl (C=O) groups excluding carboxylic acids is 7. The molecule has 64 heavy (non-hydrogen) atoms. The van der Waals surface area contributed by atoms with Crippen LogP contribution >= 0.6 is 0 Å². The fourth-order valence-electron chi connectivity index (χ4n) is 8.55. The Balaban J connectivity index is 1.24. The minimum absolute atomic E-state index is 0.0900. The van der Waals surface area contributed by atoms with Crippen LogP contribution in [0.15, 0.2) is 66.7 Å². The molecule has 3 aromatic carbocycles. The van der Waals surface area contributed by atoms with Crippen molar-refractivity contribution in [3.8, 4) is 5.75 Å². The van der Waals surface area contributed by atoms with Crippen LogP contribution in [0, 0.1) is 13.8 Å². The number of hydrogen-bond acceptors (Lipinski definition) is 12. The van der Waals surface area contributed by atoms with E-state index in [0.717, 1.165) is 27.8 Å². The lowest BCUT2D eigenvalue weighted by atomic mass is 9.84. The van der Waals surface area contributed by atoms with E-state index in [9.17, 15) is 38.7 Å². The van der Waals surface area contributed by atoms with Gasteiger partial charge in [0.05, 0.1) is 33.2 Å². The number of esters is 2. The lowest BCUT2D eigenvalue weighted by molar-refractivity contribution is -0.151. The molecule has 17 nitrogen and oxygen atoms in total. The number of fused-ring (bicyclic) bond motifs is 1. The highest BCUT2D eigenvalue weighted by Gasteiger charge is 2.50. The van der Waals surface area contributed by atoms with Crippen molar-refractivity contribution in [2.45, 2.75) is 89.5 Å². The van der Waals surface area contributed by atoms with Crippen LogP contribution in [0.25, 0.3) is 0 Å². The van der Waals surface area contributed by atoms with Crippen LogP contribution in [0.4, 0.5) is 5.69 Å². The van der Waals surface area contributed by atoms with Gasteiger partial charge in [-0.2, -0.15) is 0 Å². The molecule has 2 aliphatic heterocycles. The van der Waals surface area contributed by atoms with Gasteiger partial charge >= 0.3 is 11.9 Å². The summed E-state index contributed by atoms with van der Waals surface area (Å²) >= 11 is 0. The van der Waals surface area contributed by atoms with E-state index < -0.39 is 59.2 Å². The van der Waals surface area contributed by atoms with Crippen molar-refractivity contribution in [3.63, 3.8) is 0 Å². The fourth-order valence-corrected chi connectivity index (χ4v) is 8.55. The molecule has 3 atom stereocenters. The van der Waals surface area contributed by atoms with Gasteiger partial charge in [-0.25, -0.2) is 4.79 Å². The van der Waals surface area contributed by atoms with Crippen molar-refractivity contribution in [3.05, 3.63) is 94.5 Å². The number of nitrogens with one attached hydrogen (secondary N) is 2. The molecule has 0 unspecified atom stereocenters. The monoisotopic (exact) mass is 883 g/mol. The minimum atomic E-state index is -1.35. The number of amides is 5. The number of phenolic OH excluding ortho intramolecular Hbond substituents is 1. The molecule has 5 rings (SSSR count). The molecule has 5 N–H and O–H groups in total. The van der Waals surface area contributed by atoms with Gasteiger partial charge in [-0.05, 0) is 92.1 Å². The molecule has 2 aliphatic rings.